The predicted octanol–water partition coefficient (Wildman–Crippen LogP) is 2.53. The van der Waals surface area contributed by atoms with Crippen LogP contribution in [-0.2, 0) is 0 Å². The molecule has 3 N–H and O–H groups in total. The van der Waals surface area contributed by atoms with Crippen molar-refractivity contribution in [2.75, 3.05) is 11.1 Å². The average molecular weight is 270 g/mol. The summed E-state index contributed by atoms with van der Waals surface area (Å²) in [6.07, 6.45) is 0. The molecule has 94 valence electrons. The highest BCUT2D eigenvalue weighted by Gasteiger charge is 2.08. The molecule has 2 heterocycles. The van der Waals surface area contributed by atoms with Crippen molar-refractivity contribution in [1.29, 1.82) is 0 Å². The second-order valence-electron chi connectivity index (χ2n) is 3.97. The van der Waals surface area contributed by atoms with Gasteiger partial charge in [-0.25, -0.2) is 0 Å². The summed E-state index contributed by atoms with van der Waals surface area (Å²) >= 11 is 1.66. The first-order chi connectivity index (χ1) is 9.22. The fourth-order valence-corrected chi connectivity index (χ4v) is 2.47. The number of benzene rings is 1. The molecule has 0 atom stereocenters. The van der Waals surface area contributed by atoms with Gasteiger partial charge < -0.3 is 11.1 Å². The van der Waals surface area contributed by atoms with Crippen LogP contribution >= 0.6 is 11.3 Å². The van der Waals surface area contributed by atoms with Crippen LogP contribution in [0.4, 0.5) is 11.5 Å². The van der Waals surface area contributed by atoms with Gasteiger partial charge in [0.25, 0.3) is 5.91 Å². The largest absolute Gasteiger partial charge is 0.382 e. The summed E-state index contributed by atoms with van der Waals surface area (Å²) in [6, 6.07) is 10.9. The maximum atomic E-state index is 11.9. The number of hydrogen-bond donors (Lipinski definition) is 2. The number of nitrogens with one attached hydrogen (secondary N) is 1. The summed E-state index contributed by atoms with van der Waals surface area (Å²) in [5.41, 5.74) is 6.39. The van der Waals surface area contributed by atoms with Gasteiger partial charge in [0.2, 0.25) is 0 Å². The van der Waals surface area contributed by atoms with Gasteiger partial charge >= 0.3 is 0 Å². The van der Waals surface area contributed by atoms with Crippen molar-refractivity contribution in [3.63, 3.8) is 0 Å². The van der Waals surface area contributed by atoms with Crippen molar-refractivity contribution < 1.29 is 4.79 Å². The molecule has 19 heavy (non-hydrogen) atoms. The van der Waals surface area contributed by atoms with E-state index in [1.54, 1.807) is 23.5 Å². The van der Waals surface area contributed by atoms with Crippen molar-refractivity contribution in [3.8, 4) is 0 Å². The lowest BCUT2D eigenvalue weighted by molar-refractivity contribution is 0.102. The molecule has 0 radical (unpaired) electrons. The summed E-state index contributed by atoms with van der Waals surface area (Å²) < 4.78 is 1.19. The molecule has 0 bridgehead atoms. The molecule has 0 spiro atoms. The zero-order valence-corrected chi connectivity index (χ0v) is 10.6. The van der Waals surface area contributed by atoms with Gasteiger partial charge in [-0.2, -0.15) is 0 Å². The van der Waals surface area contributed by atoms with Gasteiger partial charge in [0, 0.05) is 10.4 Å². The molecule has 1 aromatic carbocycles. The molecule has 0 saturated carbocycles. The molecule has 5 nitrogen and oxygen atoms in total. The monoisotopic (exact) mass is 270 g/mol. The van der Waals surface area contributed by atoms with Gasteiger partial charge in [0.1, 0.15) is 5.82 Å². The SMILES string of the molecule is Nc1ccc(C(=O)Nc2ccc3sccc3c2)nn1. The third kappa shape index (κ3) is 2.38. The lowest BCUT2D eigenvalue weighted by Gasteiger charge is -2.04. The van der Waals surface area contributed by atoms with E-state index < -0.39 is 0 Å². The van der Waals surface area contributed by atoms with Crippen LogP contribution in [0.15, 0.2) is 41.8 Å². The Balaban J connectivity index is 1.83. The van der Waals surface area contributed by atoms with E-state index in [4.69, 9.17) is 5.73 Å². The number of aromatic nitrogens is 2. The molecule has 6 heteroatoms. The Hall–Kier alpha value is -2.47. The van der Waals surface area contributed by atoms with E-state index in [9.17, 15) is 4.79 Å². The number of thiophene rings is 1. The van der Waals surface area contributed by atoms with Gasteiger partial charge in [-0.05, 0) is 47.2 Å². The highest BCUT2D eigenvalue weighted by atomic mass is 32.1. The fraction of sp³-hybridized carbons (Fsp3) is 0. The van der Waals surface area contributed by atoms with Crippen LogP contribution in [0, 0.1) is 0 Å². The second kappa shape index (κ2) is 4.66. The summed E-state index contributed by atoms with van der Waals surface area (Å²) in [6.45, 7) is 0. The first kappa shape index (κ1) is 11.6. The number of nitrogens with zero attached hydrogens (tertiary/aromatic N) is 2. The van der Waals surface area contributed by atoms with E-state index in [0.717, 1.165) is 11.1 Å². The molecular weight excluding hydrogens is 260 g/mol. The van der Waals surface area contributed by atoms with E-state index in [1.807, 2.05) is 29.6 Å². The van der Waals surface area contributed by atoms with Gasteiger partial charge in [-0.1, -0.05) is 0 Å². The Labute approximate surface area is 113 Å². The first-order valence-corrected chi connectivity index (χ1v) is 6.48. The molecule has 0 saturated heterocycles. The van der Waals surface area contributed by atoms with Crippen LogP contribution in [0.1, 0.15) is 10.5 Å². The number of rotatable bonds is 2. The number of amides is 1. The topological polar surface area (TPSA) is 80.9 Å². The van der Waals surface area contributed by atoms with Crippen molar-refractivity contribution in [3.05, 3.63) is 47.5 Å². The Morgan fingerprint density at radius 2 is 2.05 bits per heavy atom. The molecule has 0 fully saturated rings. The number of anilines is 2. The third-order valence-electron chi connectivity index (χ3n) is 2.63. The minimum Gasteiger partial charge on any atom is -0.382 e. The standard InChI is InChI=1S/C13H10N4OS/c14-12-4-2-10(16-17-12)13(18)15-9-1-3-11-8(7-9)5-6-19-11/h1-7H,(H2,14,17)(H,15,18). The van der Waals surface area contributed by atoms with E-state index in [2.05, 4.69) is 15.5 Å². The number of carbonyl (C=O) groups excluding carboxylic acids is 1. The minimum absolute atomic E-state index is 0.236. The maximum Gasteiger partial charge on any atom is 0.276 e. The molecular formula is C13H10N4OS. The highest BCUT2D eigenvalue weighted by Crippen LogP contribution is 2.24. The first-order valence-electron chi connectivity index (χ1n) is 5.60. The van der Waals surface area contributed by atoms with Crippen LogP contribution in [0.25, 0.3) is 10.1 Å². The number of fused-ring (bicyclic) bond motifs is 1. The molecule has 1 amide bonds. The Morgan fingerprint density at radius 1 is 1.16 bits per heavy atom. The van der Waals surface area contributed by atoms with E-state index in [-0.39, 0.29) is 17.4 Å². The predicted molar refractivity (Wildman–Crippen MR) is 76.2 cm³/mol. The molecule has 2 aromatic heterocycles. The van der Waals surface area contributed by atoms with Crippen LogP contribution in [0.3, 0.4) is 0 Å². The van der Waals surface area contributed by atoms with Crippen LogP contribution in [0.5, 0.6) is 0 Å². The van der Waals surface area contributed by atoms with E-state index in [1.165, 1.54) is 4.70 Å². The normalized spacial score (nSPS) is 10.5. The lowest BCUT2D eigenvalue weighted by atomic mass is 10.2. The number of nitrogen functional groups attached to an aromatic ring is 1. The smallest absolute Gasteiger partial charge is 0.276 e. The summed E-state index contributed by atoms with van der Waals surface area (Å²) in [4.78, 5) is 11.9. The van der Waals surface area contributed by atoms with Crippen LogP contribution < -0.4 is 11.1 Å². The van der Waals surface area contributed by atoms with Gasteiger partial charge in [-0.15, -0.1) is 21.5 Å². The number of hydrogen-bond acceptors (Lipinski definition) is 5. The maximum absolute atomic E-state index is 11.9. The lowest BCUT2D eigenvalue weighted by Crippen LogP contribution is -2.14. The fourth-order valence-electron chi connectivity index (χ4n) is 1.70. The van der Waals surface area contributed by atoms with Crippen molar-refractivity contribution in [1.82, 2.24) is 10.2 Å². The van der Waals surface area contributed by atoms with E-state index >= 15 is 0 Å². The number of carbonyl (C=O) groups is 1. The average Bonchev–Trinajstić information content (AvgIpc) is 2.87. The quantitative estimate of drug-likeness (QED) is 0.749. The molecule has 0 aliphatic carbocycles. The third-order valence-corrected chi connectivity index (χ3v) is 3.53. The minimum atomic E-state index is -0.304. The van der Waals surface area contributed by atoms with E-state index in [0.29, 0.717) is 0 Å². The molecule has 0 unspecified atom stereocenters. The van der Waals surface area contributed by atoms with Crippen LogP contribution in [0.2, 0.25) is 0 Å². The second-order valence-corrected chi connectivity index (χ2v) is 4.92. The van der Waals surface area contributed by atoms with Crippen molar-refractivity contribution >= 4 is 38.8 Å². The van der Waals surface area contributed by atoms with Gasteiger partial charge in [-0.3, -0.25) is 4.79 Å². The molecule has 0 aliphatic rings. The van der Waals surface area contributed by atoms with Crippen molar-refractivity contribution in [2.45, 2.75) is 0 Å². The van der Waals surface area contributed by atoms with Gasteiger partial charge in [0.15, 0.2) is 5.69 Å². The molecule has 0 aliphatic heterocycles. The highest BCUT2D eigenvalue weighted by molar-refractivity contribution is 7.17. The zero-order chi connectivity index (χ0) is 13.2. The summed E-state index contributed by atoms with van der Waals surface area (Å²) in [5.74, 6) is -0.0154. The molecule has 3 aromatic rings. The Morgan fingerprint density at radius 3 is 2.84 bits per heavy atom. The van der Waals surface area contributed by atoms with Crippen LogP contribution in [-0.4, -0.2) is 16.1 Å². The Bertz CT molecular complexity index is 736. The summed E-state index contributed by atoms with van der Waals surface area (Å²) in [5, 5.41) is 13.3. The van der Waals surface area contributed by atoms with Crippen molar-refractivity contribution in [2.24, 2.45) is 0 Å². The summed E-state index contributed by atoms with van der Waals surface area (Å²) in [7, 11) is 0. The van der Waals surface area contributed by atoms with Gasteiger partial charge in [0.05, 0.1) is 0 Å². The number of nitrogens with two attached hydrogens (primary N) is 1. The zero-order valence-electron chi connectivity index (χ0n) is 9.83. The Kier molecular flexibility index (Phi) is 2.85. The molecule has 3 rings (SSSR count).